The molecule has 0 fully saturated rings. The predicted octanol–water partition coefficient (Wildman–Crippen LogP) is 2.73. The fraction of sp³-hybridized carbons (Fsp3) is 0.294. The van der Waals surface area contributed by atoms with Crippen molar-refractivity contribution in [1.29, 1.82) is 0 Å². The number of rotatable bonds is 5. The lowest BCUT2D eigenvalue weighted by molar-refractivity contribution is 0.587. The fourth-order valence-corrected chi connectivity index (χ4v) is 5.14. The first-order valence-corrected chi connectivity index (χ1v) is 11.2. The maximum Gasteiger partial charge on any atom is 0.261 e. The second-order valence-electron chi connectivity index (χ2n) is 5.98. The van der Waals surface area contributed by atoms with E-state index < -0.39 is 25.9 Å². The zero-order valence-corrected chi connectivity index (χ0v) is 15.8. The fourth-order valence-electron chi connectivity index (χ4n) is 2.90. The minimum Gasteiger partial charge on any atom is -0.280 e. The van der Waals surface area contributed by atoms with E-state index in [4.69, 9.17) is 0 Å². The molecule has 0 radical (unpaired) electrons. The van der Waals surface area contributed by atoms with E-state index in [0.29, 0.717) is 30.8 Å². The van der Waals surface area contributed by atoms with Crippen LogP contribution in [-0.2, 0) is 26.5 Å². The van der Waals surface area contributed by atoms with Gasteiger partial charge in [0.05, 0.1) is 16.3 Å². The van der Waals surface area contributed by atoms with Crippen molar-refractivity contribution in [3.8, 4) is 0 Å². The number of aryl methyl sites for hydroxylation is 1. The minimum absolute atomic E-state index is 0.00534. The summed E-state index contributed by atoms with van der Waals surface area (Å²) < 4.78 is 66.1. The van der Waals surface area contributed by atoms with Crippen molar-refractivity contribution in [3.63, 3.8) is 0 Å². The van der Waals surface area contributed by atoms with Gasteiger partial charge in [0.25, 0.3) is 10.0 Å². The molecule has 0 unspecified atom stereocenters. The quantitative estimate of drug-likeness (QED) is 0.839. The van der Waals surface area contributed by atoms with Crippen molar-refractivity contribution in [3.05, 3.63) is 53.8 Å². The molecule has 9 heteroatoms. The molecule has 0 bridgehead atoms. The van der Waals surface area contributed by atoms with Crippen LogP contribution < -0.4 is 9.03 Å². The number of hydrogen-bond acceptors (Lipinski definition) is 4. The molecule has 1 N–H and O–H groups in total. The highest BCUT2D eigenvalue weighted by Gasteiger charge is 2.26. The van der Waals surface area contributed by atoms with Gasteiger partial charge >= 0.3 is 0 Å². The summed E-state index contributed by atoms with van der Waals surface area (Å²) >= 11 is 0. The number of benzene rings is 2. The van der Waals surface area contributed by atoms with E-state index in [1.54, 1.807) is 19.1 Å². The van der Waals surface area contributed by atoms with Gasteiger partial charge in [0.2, 0.25) is 10.0 Å². The molecule has 26 heavy (non-hydrogen) atoms. The van der Waals surface area contributed by atoms with Crippen molar-refractivity contribution in [2.24, 2.45) is 0 Å². The molecule has 1 aliphatic heterocycles. The Hall–Kier alpha value is -2.13. The van der Waals surface area contributed by atoms with Crippen molar-refractivity contribution in [2.75, 3.05) is 21.3 Å². The Morgan fingerprint density at radius 1 is 1.08 bits per heavy atom. The Labute approximate surface area is 152 Å². The summed E-state index contributed by atoms with van der Waals surface area (Å²) in [5.74, 6) is -0.513. The maximum atomic E-state index is 13.0. The number of nitrogens with zero attached hydrogens (tertiary/aromatic N) is 1. The predicted molar refractivity (Wildman–Crippen MR) is 98.8 cm³/mol. The Bertz CT molecular complexity index is 1020. The van der Waals surface area contributed by atoms with Gasteiger partial charge in [0.15, 0.2) is 0 Å². The van der Waals surface area contributed by atoms with Gasteiger partial charge in [-0.3, -0.25) is 9.03 Å². The smallest absolute Gasteiger partial charge is 0.261 e. The van der Waals surface area contributed by atoms with E-state index in [9.17, 15) is 21.2 Å². The standard InChI is InChI=1S/C17H19FN2O4S2/c1-2-25(21,22)20-11-3-4-13-12-15(7-10-17(13)20)19-26(23,24)16-8-5-14(18)6-9-16/h5-10,12,19H,2-4,11H2,1H3. The third-order valence-corrected chi connectivity index (χ3v) is 7.41. The third-order valence-electron chi connectivity index (χ3n) is 4.23. The van der Waals surface area contributed by atoms with Crippen molar-refractivity contribution >= 4 is 31.4 Å². The van der Waals surface area contributed by atoms with E-state index in [-0.39, 0.29) is 10.6 Å². The average molecular weight is 398 g/mol. The first kappa shape index (κ1) is 18.7. The summed E-state index contributed by atoms with van der Waals surface area (Å²) in [5, 5.41) is 0. The molecule has 2 aromatic carbocycles. The van der Waals surface area contributed by atoms with Crippen LogP contribution in [0.3, 0.4) is 0 Å². The Morgan fingerprint density at radius 2 is 1.77 bits per heavy atom. The number of nitrogens with one attached hydrogen (secondary N) is 1. The molecule has 0 atom stereocenters. The Kier molecular flexibility index (Phi) is 4.94. The van der Waals surface area contributed by atoms with E-state index in [1.807, 2.05) is 0 Å². The van der Waals surface area contributed by atoms with Crippen LogP contribution in [0.15, 0.2) is 47.4 Å². The molecule has 0 saturated heterocycles. The van der Waals surface area contributed by atoms with Gasteiger partial charge < -0.3 is 0 Å². The second-order valence-corrected chi connectivity index (χ2v) is 9.84. The first-order valence-electron chi connectivity index (χ1n) is 8.15. The molecule has 1 heterocycles. The van der Waals surface area contributed by atoms with Crippen LogP contribution in [0.4, 0.5) is 15.8 Å². The Balaban J connectivity index is 1.91. The molecule has 0 aliphatic carbocycles. The molecule has 0 saturated carbocycles. The molecule has 0 aromatic heterocycles. The minimum atomic E-state index is -3.85. The largest absolute Gasteiger partial charge is 0.280 e. The van der Waals surface area contributed by atoms with Gasteiger partial charge in [-0.25, -0.2) is 21.2 Å². The van der Waals surface area contributed by atoms with E-state index in [0.717, 1.165) is 17.7 Å². The topological polar surface area (TPSA) is 83.6 Å². The van der Waals surface area contributed by atoms with E-state index in [2.05, 4.69) is 4.72 Å². The summed E-state index contributed by atoms with van der Waals surface area (Å²) in [6.07, 6.45) is 1.33. The summed E-state index contributed by atoms with van der Waals surface area (Å²) in [5.41, 5.74) is 1.69. The van der Waals surface area contributed by atoms with Crippen LogP contribution in [-0.4, -0.2) is 29.1 Å². The van der Waals surface area contributed by atoms with E-state index >= 15 is 0 Å². The Morgan fingerprint density at radius 3 is 2.42 bits per heavy atom. The highest BCUT2D eigenvalue weighted by Crippen LogP contribution is 2.32. The first-order chi connectivity index (χ1) is 12.2. The number of anilines is 2. The van der Waals surface area contributed by atoms with Gasteiger partial charge in [-0.05, 0) is 67.8 Å². The van der Waals surface area contributed by atoms with Crippen LogP contribution in [0.25, 0.3) is 0 Å². The number of fused-ring (bicyclic) bond motifs is 1. The average Bonchev–Trinajstić information content (AvgIpc) is 2.61. The number of hydrogen-bond donors (Lipinski definition) is 1. The lowest BCUT2D eigenvalue weighted by atomic mass is 10.0. The van der Waals surface area contributed by atoms with Gasteiger partial charge in [0, 0.05) is 12.2 Å². The summed E-state index contributed by atoms with van der Waals surface area (Å²) in [6, 6.07) is 9.32. The summed E-state index contributed by atoms with van der Waals surface area (Å²) in [7, 11) is -7.22. The molecule has 1 aliphatic rings. The number of halogens is 1. The normalized spacial score (nSPS) is 14.8. The summed E-state index contributed by atoms with van der Waals surface area (Å²) in [4.78, 5) is -0.0493. The SMILES string of the molecule is CCS(=O)(=O)N1CCCc2cc(NS(=O)(=O)c3ccc(F)cc3)ccc21. The van der Waals surface area contributed by atoms with Gasteiger partial charge in [-0.15, -0.1) is 0 Å². The van der Waals surface area contributed by atoms with Crippen LogP contribution in [0.2, 0.25) is 0 Å². The van der Waals surface area contributed by atoms with Crippen LogP contribution in [0, 0.1) is 5.82 Å². The van der Waals surface area contributed by atoms with Crippen LogP contribution in [0.1, 0.15) is 18.9 Å². The van der Waals surface area contributed by atoms with Crippen LogP contribution in [0.5, 0.6) is 0 Å². The molecular formula is C17H19FN2O4S2. The van der Waals surface area contributed by atoms with Crippen molar-refractivity contribution in [2.45, 2.75) is 24.7 Å². The maximum absolute atomic E-state index is 13.0. The van der Waals surface area contributed by atoms with Gasteiger partial charge in [0.1, 0.15) is 5.82 Å². The van der Waals surface area contributed by atoms with Crippen molar-refractivity contribution in [1.82, 2.24) is 0 Å². The molecule has 0 spiro atoms. The lowest BCUT2D eigenvalue weighted by Gasteiger charge is -2.30. The molecule has 6 nitrogen and oxygen atoms in total. The molecular weight excluding hydrogens is 379 g/mol. The zero-order valence-electron chi connectivity index (χ0n) is 14.1. The monoisotopic (exact) mass is 398 g/mol. The molecule has 2 aromatic rings. The molecule has 0 amide bonds. The second kappa shape index (κ2) is 6.88. The highest BCUT2D eigenvalue weighted by molar-refractivity contribution is 7.93. The van der Waals surface area contributed by atoms with Gasteiger partial charge in [-0.2, -0.15) is 0 Å². The van der Waals surface area contributed by atoms with Crippen LogP contribution >= 0.6 is 0 Å². The summed E-state index contributed by atoms with van der Waals surface area (Å²) in [6.45, 7) is 2.01. The van der Waals surface area contributed by atoms with Crippen molar-refractivity contribution < 1.29 is 21.2 Å². The molecule has 140 valence electrons. The number of sulfonamides is 2. The highest BCUT2D eigenvalue weighted by atomic mass is 32.2. The molecule has 3 rings (SSSR count). The third kappa shape index (κ3) is 3.68. The zero-order chi connectivity index (χ0) is 18.9. The van der Waals surface area contributed by atoms with Gasteiger partial charge in [-0.1, -0.05) is 0 Å². The van der Waals surface area contributed by atoms with E-state index in [1.165, 1.54) is 22.5 Å². The lowest BCUT2D eigenvalue weighted by Crippen LogP contribution is -2.36.